The van der Waals surface area contributed by atoms with Gasteiger partial charge in [-0.3, -0.25) is 0 Å². The van der Waals surface area contributed by atoms with Crippen molar-refractivity contribution in [3.63, 3.8) is 0 Å². The van der Waals surface area contributed by atoms with Crippen LogP contribution in [-0.2, 0) is 10.1 Å². The first kappa shape index (κ1) is 31.1. The van der Waals surface area contributed by atoms with Crippen molar-refractivity contribution in [1.29, 1.82) is 0 Å². The van der Waals surface area contributed by atoms with Gasteiger partial charge in [-0.2, -0.15) is 0 Å². The first-order chi connectivity index (χ1) is 12.9. The van der Waals surface area contributed by atoms with Gasteiger partial charge in [-0.25, -0.2) is 8.42 Å². The molecule has 0 amide bonds. The third-order valence-electron chi connectivity index (χ3n) is 5.57. The first-order valence-corrected chi connectivity index (χ1v) is 13.0. The van der Waals surface area contributed by atoms with E-state index in [2.05, 4.69) is 6.92 Å². The zero-order chi connectivity index (χ0) is 20.4. The van der Waals surface area contributed by atoms with Crippen LogP contribution in [0.5, 0.6) is 0 Å². The molecular formula is C22H45NaO4S. The Balaban J connectivity index is 0. The van der Waals surface area contributed by atoms with Crippen LogP contribution in [0.15, 0.2) is 0 Å². The van der Waals surface area contributed by atoms with Gasteiger partial charge in [0.05, 0.1) is 16.2 Å². The average molecular weight is 429 g/mol. The summed E-state index contributed by atoms with van der Waals surface area (Å²) < 4.78 is 33.0. The van der Waals surface area contributed by atoms with Crippen LogP contribution in [0.3, 0.4) is 0 Å². The third kappa shape index (κ3) is 20.2. The summed E-state index contributed by atoms with van der Waals surface area (Å²) in [6.07, 6.45) is 19.4. The predicted octanol–water partition coefficient (Wildman–Crippen LogP) is 3.33. The molecule has 0 heterocycles. The Morgan fingerprint density at radius 3 is 1.39 bits per heavy atom. The molecule has 0 aromatic carbocycles. The molecule has 0 fully saturated rings. The summed E-state index contributed by atoms with van der Waals surface area (Å²) >= 11 is 0. The van der Waals surface area contributed by atoms with E-state index in [-0.39, 0.29) is 35.7 Å². The van der Waals surface area contributed by atoms with E-state index < -0.39 is 15.4 Å². The monoisotopic (exact) mass is 428 g/mol. The van der Waals surface area contributed by atoms with Crippen LogP contribution < -0.4 is 29.6 Å². The normalized spacial score (nSPS) is 13.9. The van der Waals surface area contributed by atoms with Crippen LogP contribution in [-0.4, -0.2) is 29.4 Å². The van der Waals surface area contributed by atoms with E-state index in [0.29, 0.717) is 12.8 Å². The van der Waals surface area contributed by atoms with Gasteiger partial charge in [0.25, 0.3) is 0 Å². The minimum atomic E-state index is -4.11. The second-order valence-corrected chi connectivity index (χ2v) is 9.79. The molecule has 28 heavy (non-hydrogen) atoms. The predicted molar refractivity (Wildman–Crippen MR) is 114 cm³/mol. The van der Waals surface area contributed by atoms with Gasteiger partial charge >= 0.3 is 29.6 Å². The largest absolute Gasteiger partial charge is 1.00 e. The van der Waals surface area contributed by atoms with Crippen molar-refractivity contribution in [2.45, 2.75) is 141 Å². The maximum atomic E-state index is 11.0. The minimum Gasteiger partial charge on any atom is -0.748 e. The van der Waals surface area contributed by atoms with Gasteiger partial charge in [-0.1, -0.05) is 104 Å². The zero-order valence-electron chi connectivity index (χ0n) is 19.0. The van der Waals surface area contributed by atoms with Crippen LogP contribution in [0.1, 0.15) is 129 Å². The first-order valence-electron chi connectivity index (χ1n) is 11.5. The maximum Gasteiger partial charge on any atom is 1.00 e. The van der Waals surface area contributed by atoms with Crippen molar-refractivity contribution in [3.8, 4) is 0 Å². The van der Waals surface area contributed by atoms with Crippen LogP contribution in [0.25, 0.3) is 0 Å². The Kier molecular flexibility index (Phi) is 23.4. The molecule has 164 valence electrons. The van der Waals surface area contributed by atoms with E-state index in [1.54, 1.807) is 6.92 Å². The molecule has 2 atom stereocenters. The molecule has 6 heteroatoms. The third-order valence-corrected chi connectivity index (χ3v) is 6.95. The van der Waals surface area contributed by atoms with Crippen molar-refractivity contribution < 1.29 is 47.6 Å². The number of unbranched alkanes of at least 4 members (excludes halogenated alkanes) is 12. The molecular weight excluding hydrogens is 383 g/mol. The molecule has 4 nitrogen and oxygen atoms in total. The SMILES string of the molecule is CCCCCCCC(O)CCCCCCCCCCCC(CC)S(=O)(=O)[O-].[Na+]. The topological polar surface area (TPSA) is 77.4 Å². The number of rotatable bonds is 20. The fourth-order valence-electron chi connectivity index (χ4n) is 3.67. The van der Waals surface area contributed by atoms with Gasteiger partial charge in [0.1, 0.15) is 0 Å². The molecule has 0 bridgehead atoms. The second-order valence-electron chi connectivity index (χ2n) is 8.14. The Labute approximate surface area is 197 Å². The van der Waals surface area contributed by atoms with Crippen LogP contribution >= 0.6 is 0 Å². The molecule has 1 N–H and O–H groups in total. The number of hydrogen-bond donors (Lipinski definition) is 1. The van der Waals surface area contributed by atoms with Gasteiger partial charge in [-0.05, 0) is 25.7 Å². The van der Waals surface area contributed by atoms with E-state index in [9.17, 15) is 18.1 Å². The Hall–Kier alpha value is 0.870. The number of hydrogen-bond acceptors (Lipinski definition) is 4. The molecule has 2 unspecified atom stereocenters. The van der Waals surface area contributed by atoms with Crippen molar-refractivity contribution in [2.24, 2.45) is 0 Å². The fourth-order valence-corrected chi connectivity index (χ4v) is 4.53. The van der Waals surface area contributed by atoms with E-state index in [0.717, 1.165) is 38.5 Å². The fraction of sp³-hybridized carbons (Fsp3) is 1.00. The van der Waals surface area contributed by atoms with Crippen molar-refractivity contribution in [1.82, 2.24) is 0 Å². The van der Waals surface area contributed by atoms with Crippen LogP contribution in [0.2, 0.25) is 0 Å². The minimum absolute atomic E-state index is 0. The van der Waals surface area contributed by atoms with Gasteiger partial charge in [0.2, 0.25) is 0 Å². The van der Waals surface area contributed by atoms with E-state index >= 15 is 0 Å². The summed E-state index contributed by atoms with van der Waals surface area (Å²) in [5.41, 5.74) is 0. The number of aliphatic hydroxyl groups is 1. The van der Waals surface area contributed by atoms with Crippen molar-refractivity contribution in [2.75, 3.05) is 0 Å². The average Bonchev–Trinajstić information content (AvgIpc) is 2.61. The molecule has 0 aliphatic rings. The molecule has 0 rings (SSSR count). The quantitative estimate of drug-likeness (QED) is 0.183. The van der Waals surface area contributed by atoms with Gasteiger partial charge in [0, 0.05) is 5.25 Å². The number of aliphatic hydroxyl groups excluding tert-OH is 1. The Morgan fingerprint density at radius 1 is 0.679 bits per heavy atom. The summed E-state index contributed by atoms with van der Waals surface area (Å²) in [5, 5.41) is 9.29. The van der Waals surface area contributed by atoms with Gasteiger partial charge in [-0.15, -0.1) is 0 Å². The molecule has 0 spiro atoms. The van der Waals surface area contributed by atoms with E-state index in [1.807, 2.05) is 0 Å². The summed E-state index contributed by atoms with van der Waals surface area (Å²) in [7, 11) is -4.11. The van der Waals surface area contributed by atoms with E-state index in [4.69, 9.17) is 0 Å². The van der Waals surface area contributed by atoms with Crippen LogP contribution in [0, 0.1) is 0 Å². The summed E-state index contributed by atoms with van der Waals surface area (Å²) in [6, 6.07) is 0. The summed E-state index contributed by atoms with van der Waals surface area (Å²) in [5.74, 6) is 0. The molecule has 0 aromatic rings. The molecule has 0 radical (unpaired) electrons. The van der Waals surface area contributed by atoms with Gasteiger partial charge in [0.15, 0.2) is 0 Å². The van der Waals surface area contributed by atoms with E-state index in [1.165, 1.54) is 64.2 Å². The summed E-state index contributed by atoms with van der Waals surface area (Å²) in [6.45, 7) is 3.99. The van der Waals surface area contributed by atoms with Crippen molar-refractivity contribution >= 4 is 10.1 Å². The second kappa shape index (κ2) is 21.1. The Bertz CT molecular complexity index is 415. The maximum absolute atomic E-state index is 11.0. The molecule has 0 saturated carbocycles. The Morgan fingerprint density at radius 2 is 1.04 bits per heavy atom. The molecule has 0 saturated heterocycles. The van der Waals surface area contributed by atoms with Crippen LogP contribution in [0.4, 0.5) is 0 Å². The standard InChI is InChI=1S/C22H46O4S.Na/c1-3-5-6-12-15-18-21(23)19-16-13-10-8-7-9-11-14-17-20-22(4-2)27(24,25)26;/h21-23H,3-20H2,1-2H3,(H,24,25,26);/q;+1/p-1. The molecule has 0 aliphatic carbocycles. The molecule has 0 aliphatic heterocycles. The van der Waals surface area contributed by atoms with Crippen molar-refractivity contribution in [3.05, 3.63) is 0 Å². The summed E-state index contributed by atoms with van der Waals surface area (Å²) in [4.78, 5) is 0. The molecule has 0 aromatic heterocycles. The zero-order valence-corrected chi connectivity index (χ0v) is 21.8. The van der Waals surface area contributed by atoms with Gasteiger partial charge < -0.3 is 9.66 Å². The smallest absolute Gasteiger partial charge is 0.748 e.